The maximum atomic E-state index is 6.06. The molecule has 0 amide bonds. The van der Waals surface area contributed by atoms with Gasteiger partial charge in [0.2, 0.25) is 11.9 Å². The summed E-state index contributed by atoms with van der Waals surface area (Å²) >= 11 is 0. The third-order valence-corrected chi connectivity index (χ3v) is 7.75. The zero-order valence-corrected chi connectivity index (χ0v) is 28.0. The van der Waals surface area contributed by atoms with E-state index in [4.69, 9.17) is 52.8 Å². The van der Waals surface area contributed by atoms with Crippen molar-refractivity contribution in [2.75, 3.05) is 62.7 Å². The van der Waals surface area contributed by atoms with Crippen molar-refractivity contribution in [3.8, 4) is 0 Å². The summed E-state index contributed by atoms with van der Waals surface area (Å²) in [5.74, 6) is -1.07. The van der Waals surface area contributed by atoms with E-state index in [1.165, 1.54) is 0 Å². The summed E-state index contributed by atoms with van der Waals surface area (Å²) < 4.78 is 48.4. The van der Waals surface area contributed by atoms with E-state index >= 15 is 0 Å². The minimum absolute atomic E-state index is 0.158. The van der Waals surface area contributed by atoms with Gasteiger partial charge in [0.1, 0.15) is 5.82 Å². The molecule has 1 aromatic rings. The summed E-state index contributed by atoms with van der Waals surface area (Å²) in [5.41, 5.74) is 0. The van der Waals surface area contributed by atoms with Crippen molar-refractivity contribution in [1.82, 2.24) is 15.0 Å². The molecule has 0 unspecified atom stereocenters. The van der Waals surface area contributed by atoms with Crippen LogP contribution in [0.15, 0.2) is 0 Å². The summed E-state index contributed by atoms with van der Waals surface area (Å²) in [6, 6.07) is -0.634. The maximum absolute atomic E-state index is 6.06. The molecule has 4 aliphatic rings. The van der Waals surface area contributed by atoms with Gasteiger partial charge < -0.3 is 47.7 Å². The molecule has 0 N–H and O–H groups in total. The van der Waals surface area contributed by atoms with Gasteiger partial charge in [0.25, 0.3) is 0 Å². The van der Waals surface area contributed by atoms with E-state index in [-0.39, 0.29) is 24.2 Å². The molecular formula is C30H53N5O8. The van der Waals surface area contributed by atoms with Crippen LogP contribution in [0, 0.1) is 6.92 Å². The fourth-order valence-electron chi connectivity index (χ4n) is 5.31. The molecule has 0 saturated carbocycles. The highest BCUT2D eigenvalue weighted by Crippen LogP contribution is 2.32. The summed E-state index contributed by atoms with van der Waals surface area (Å²) in [7, 11) is 0. The molecule has 0 bridgehead atoms. The average molecular weight is 612 g/mol. The first-order chi connectivity index (χ1) is 20.1. The number of hydrogen-bond donors (Lipinski definition) is 0. The summed E-state index contributed by atoms with van der Waals surface area (Å²) in [4.78, 5) is 18.9. The van der Waals surface area contributed by atoms with Crippen LogP contribution in [0.5, 0.6) is 0 Å². The van der Waals surface area contributed by atoms with Gasteiger partial charge in [-0.25, -0.2) is 0 Å². The molecule has 43 heavy (non-hydrogen) atoms. The molecule has 0 radical (unpaired) electrons. The Labute approximate surface area is 256 Å². The number of nitrogens with zero attached hydrogens (tertiary/aromatic N) is 5. The van der Waals surface area contributed by atoms with Crippen LogP contribution < -0.4 is 9.80 Å². The van der Waals surface area contributed by atoms with E-state index in [2.05, 4.69) is 9.80 Å². The molecular weight excluding hydrogens is 558 g/mol. The molecule has 0 spiro atoms. The third-order valence-electron chi connectivity index (χ3n) is 7.75. The van der Waals surface area contributed by atoms with E-state index < -0.39 is 23.1 Å². The number of hydrogen-bond acceptors (Lipinski definition) is 13. The second-order valence-electron chi connectivity index (χ2n) is 13.0. The molecule has 1 aromatic heterocycles. The van der Waals surface area contributed by atoms with Crippen molar-refractivity contribution in [3.63, 3.8) is 0 Å². The van der Waals surface area contributed by atoms with Gasteiger partial charge in [-0.3, -0.25) is 0 Å². The molecule has 0 atom stereocenters. The molecule has 246 valence electrons. The molecule has 4 saturated heterocycles. The Morgan fingerprint density at radius 1 is 0.442 bits per heavy atom. The number of ether oxygens (including phenoxy) is 8. The van der Waals surface area contributed by atoms with Gasteiger partial charge in [0.15, 0.2) is 23.1 Å². The molecule has 0 aromatic carbocycles. The molecule has 4 fully saturated rings. The maximum Gasteiger partial charge on any atom is 0.231 e. The van der Waals surface area contributed by atoms with Gasteiger partial charge >= 0.3 is 0 Å². The van der Waals surface area contributed by atoms with Gasteiger partial charge in [-0.15, -0.1) is 0 Å². The summed E-state index contributed by atoms with van der Waals surface area (Å²) in [6.07, 6.45) is 0. The smallest absolute Gasteiger partial charge is 0.231 e. The second-order valence-corrected chi connectivity index (χ2v) is 13.0. The van der Waals surface area contributed by atoms with Gasteiger partial charge in [-0.1, -0.05) is 13.8 Å². The van der Waals surface area contributed by atoms with E-state index in [9.17, 15) is 0 Å². The molecule has 13 heteroatoms. The SMILES string of the molecule is CC.Cc1nc(N(C2COC(C)(C)OC2)C2COC(C)(C)OC2)nc(N(C2COC(C)(C)OC2)C2COC(C)(C)OC2)n1. The van der Waals surface area contributed by atoms with Gasteiger partial charge in [0, 0.05) is 0 Å². The third kappa shape index (κ3) is 8.72. The van der Waals surface area contributed by atoms with Crippen LogP contribution in [0.3, 0.4) is 0 Å². The summed E-state index contributed by atoms with van der Waals surface area (Å²) in [5, 5.41) is 0. The number of aromatic nitrogens is 3. The Balaban J connectivity index is 0.00000207. The van der Waals surface area contributed by atoms with E-state index in [1.54, 1.807) is 0 Å². The lowest BCUT2D eigenvalue weighted by atomic mass is 10.1. The normalized spacial score (nSPS) is 26.3. The van der Waals surface area contributed by atoms with E-state index in [0.717, 1.165) is 0 Å². The molecule has 13 nitrogen and oxygen atoms in total. The van der Waals surface area contributed by atoms with Crippen molar-refractivity contribution < 1.29 is 37.9 Å². The highest BCUT2D eigenvalue weighted by atomic mass is 16.7. The van der Waals surface area contributed by atoms with Crippen LogP contribution in [0.25, 0.3) is 0 Å². The number of rotatable bonds is 6. The van der Waals surface area contributed by atoms with Gasteiger partial charge in [-0.2, -0.15) is 15.0 Å². The Morgan fingerprint density at radius 3 is 0.860 bits per heavy atom. The predicted octanol–water partition coefficient (Wildman–Crippen LogP) is 3.43. The monoisotopic (exact) mass is 611 g/mol. The van der Waals surface area contributed by atoms with Crippen molar-refractivity contribution >= 4 is 11.9 Å². The average Bonchev–Trinajstić information content (AvgIpc) is 2.93. The first-order valence-electron chi connectivity index (χ1n) is 15.5. The van der Waals surface area contributed by atoms with Crippen LogP contribution >= 0.6 is 0 Å². The largest absolute Gasteiger partial charge is 0.348 e. The lowest BCUT2D eigenvalue weighted by molar-refractivity contribution is -0.262. The zero-order valence-electron chi connectivity index (χ0n) is 28.0. The molecule has 5 rings (SSSR count). The second kappa shape index (κ2) is 13.3. The van der Waals surface area contributed by atoms with Gasteiger partial charge in [-0.05, 0) is 62.3 Å². The topological polar surface area (TPSA) is 119 Å². The Bertz CT molecular complexity index is 897. The van der Waals surface area contributed by atoms with Crippen LogP contribution in [-0.2, 0) is 37.9 Å². The van der Waals surface area contributed by atoms with Crippen LogP contribution in [0.4, 0.5) is 11.9 Å². The highest BCUT2D eigenvalue weighted by Gasteiger charge is 2.42. The van der Waals surface area contributed by atoms with Crippen molar-refractivity contribution in [2.24, 2.45) is 0 Å². The first-order valence-corrected chi connectivity index (χ1v) is 15.5. The van der Waals surface area contributed by atoms with Crippen molar-refractivity contribution in [2.45, 2.75) is 123 Å². The molecule has 5 heterocycles. The Hall–Kier alpha value is -1.71. The van der Waals surface area contributed by atoms with E-state index in [0.29, 0.717) is 70.6 Å². The standard InChI is InChI=1S/C28H47N5O8.C2H6/c1-18-29-23(32(19-10-34-25(2,3)35-11-19)20-12-36-26(4,5)37-13-20)31-24(30-18)33(21-14-38-27(6,7)39-15-21)22-16-40-28(8,9)41-17-22;1-2/h19-22H,10-17H2,1-9H3;1-2H3. The lowest BCUT2D eigenvalue weighted by Crippen LogP contribution is -2.60. The zero-order chi connectivity index (χ0) is 31.6. The minimum atomic E-state index is -0.662. The summed E-state index contributed by atoms with van der Waals surface area (Å²) in [6.45, 7) is 24.7. The quantitative estimate of drug-likeness (QED) is 0.468. The molecule has 4 aliphatic heterocycles. The first kappa shape index (κ1) is 34.2. The fraction of sp³-hybridized carbons (Fsp3) is 0.900. The van der Waals surface area contributed by atoms with Crippen molar-refractivity contribution in [3.05, 3.63) is 5.82 Å². The fourth-order valence-corrected chi connectivity index (χ4v) is 5.31. The minimum Gasteiger partial charge on any atom is -0.348 e. The molecule has 0 aliphatic carbocycles. The van der Waals surface area contributed by atoms with Crippen LogP contribution in [0.2, 0.25) is 0 Å². The van der Waals surface area contributed by atoms with E-state index in [1.807, 2.05) is 76.2 Å². The van der Waals surface area contributed by atoms with Crippen molar-refractivity contribution in [1.29, 1.82) is 0 Å². The van der Waals surface area contributed by atoms with Gasteiger partial charge in [0.05, 0.1) is 77.0 Å². The van der Waals surface area contributed by atoms with Crippen LogP contribution in [0.1, 0.15) is 75.1 Å². The van der Waals surface area contributed by atoms with Crippen LogP contribution in [-0.4, -0.2) is 115 Å². The highest BCUT2D eigenvalue weighted by molar-refractivity contribution is 5.43. The Kier molecular flexibility index (Phi) is 10.6. The number of aryl methyl sites for hydroxylation is 1. The lowest BCUT2D eigenvalue weighted by Gasteiger charge is -2.47. The number of anilines is 2. The Morgan fingerprint density at radius 2 is 0.651 bits per heavy atom. The predicted molar refractivity (Wildman–Crippen MR) is 160 cm³/mol.